The number of carbonyl (C=O) groups is 1. The topological polar surface area (TPSA) is 44.4 Å². The summed E-state index contributed by atoms with van der Waals surface area (Å²) in [6.07, 6.45) is -2.68. The van der Waals surface area contributed by atoms with E-state index in [1.807, 2.05) is 12.1 Å². The van der Waals surface area contributed by atoms with Crippen molar-refractivity contribution in [3.8, 4) is 11.1 Å². The lowest BCUT2D eigenvalue weighted by molar-refractivity contribution is -0.137. The van der Waals surface area contributed by atoms with Gasteiger partial charge in [-0.3, -0.25) is 4.79 Å². The monoisotopic (exact) mass is 439 g/mol. The molecule has 1 saturated heterocycles. The molecule has 2 heterocycles. The third-order valence-electron chi connectivity index (χ3n) is 5.93. The second kappa shape index (κ2) is 8.86. The smallest absolute Gasteiger partial charge is 0.370 e. The Morgan fingerprint density at radius 3 is 2.53 bits per heavy atom. The lowest BCUT2D eigenvalue weighted by Crippen LogP contribution is -2.31. The van der Waals surface area contributed by atoms with Crippen molar-refractivity contribution in [2.75, 3.05) is 31.6 Å². The third-order valence-corrected chi connectivity index (χ3v) is 5.93. The standard InChI is InChI=1S/C22H24F3N3O.ClH/c1-26-21(29)15-9-11-28(13-15)20-7-6-17(18-8-10-27-12-19(18)20)14-2-4-16(5-3-14)22(23,24)25;/h2-7,15,27H,8-13H2,1H3,(H,26,29);1H/t15-;/m1./s1. The Labute approximate surface area is 180 Å². The van der Waals surface area contributed by atoms with Gasteiger partial charge in [0.1, 0.15) is 0 Å². The molecule has 0 bridgehead atoms. The summed E-state index contributed by atoms with van der Waals surface area (Å²) in [4.78, 5) is 14.2. The highest BCUT2D eigenvalue weighted by molar-refractivity contribution is 5.85. The van der Waals surface area contributed by atoms with Gasteiger partial charge in [0, 0.05) is 32.4 Å². The van der Waals surface area contributed by atoms with Gasteiger partial charge in [-0.15, -0.1) is 12.4 Å². The van der Waals surface area contributed by atoms with E-state index >= 15 is 0 Å². The van der Waals surface area contributed by atoms with Crippen molar-refractivity contribution in [3.05, 3.63) is 53.1 Å². The van der Waals surface area contributed by atoms with Gasteiger partial charge in [-0.05, 0) is 59.8 Å². The van der Waals surface area contributed by atoms with Crippen molar-refractivity contribution < 1.29 is 18.0 Å². The number of carbonyl (C=O) groups excluding carboxylic acids is 1. The van der Waals surface area contributed by atoms with Gasteiger partial charge in [-0.25, -0.2) is 0 Å². The van der Waals surface area contributed by atoms with Crippen LogP contribution >= 0.6 is 12.4 Å². The largest absolute Gasteiger partial charge is 0.416 e. The van der Waals surface area contributed by atoms with E-state index in [4.69, 9.17) is 0 Å². The van der Waals surface area contributed by atoms with Crippen LogP contribution in [0.25, 0.3) is 11.1 Å². The molecule has 4 nitrogen and oxygen atoms in total. The zero-order valence-corrected chi connectivity index (χ0v) is 17.5. The number of amides is 1. The molecule has 8 heteroatoms. The molecule has 0 radical (unpaired) electrons. The fourth-order valence-electron chi connectivity index (χ4n) is 4.39. The van der Waals surface area contributed by atoms with E-state index in [2.05, 4.69) is 15.5 Å². The van der Waals surface area contributed by atoms with Crippen LogP contribution < -0.4 is 15.5 Å². The van der Waals surface area contributed by atoms with Crippen molar-refractivity contribution in [1.82, 2.24) is 10.6 Å². The van der Waals surface area contributed by atoms with Crippen LogP contribution in [-0.2, 0) is 23.9 Å². The Morgan fingerprint density at radius 2 is 1.87 bits per heavy atom. The SMILES string of the molecule is CNC(=O)[C@@H]1CCN(c2ccc(-c3ccc(C(F)(F)F)cc3)c3c2CNCC3)C1.Cl. The molecular weight excluding hydrogens is 415 g/mol. The van der Waals surface area contributed by atoms with Gasteiger partial charge in [0.05, 0.1) is 11.5 Å². The highest BCUT2D eigenvalue weighted by Crippen LogP contribution is 2.38. The molecule has 0 saturated carbocycles. The number of alkyl halides is 3. The molecule has 4 rings (SSSR count). The first-order chi connectivity index (χ1) is 13.9. The lowest BCUT2D eigenvalue weighted by Gasteiger charge is -2.29. The summed E-state index contributed by atoms with van der Waals surface area (Å²) >= 11 is 0. The van der Waals surface area contributed by atoms with Crippen molar-refractivity contribution >= 4 is 24.0 Å². The van der Waals surface area contributed by atoms with Crippen molar-refractivity contribution in [2.24, 2.45) is 5.92 Å². The van der Waals surface area contributed by atoms with Crippen LogP contribution in [-0.4, -0.2) is 32.6 Å². The van der Waals surface area contributed by atoms with E-state index < -0.39 is 11.7 Å². The summed E-state index contributed by atoms with van der Waals surface area (Å²) in [6.45, 7) is 3.07. The van der Waals surface area contributed by atoms with Gasteiger partial charge in [0.2, 0.25) is 5.91 Å². The van der Waals surface area contributed by atoms with Gasteiger partial charge < -0.3 is 15.5 Å². The van der Waals surface area contributed by atoms with E-state index in [1.165, 1.54) is 11.1 Å². The van der Waals surface area contributed by atoms with Crippen LogP contribution in [0.1, 0.15) is 23.1 Å². The van der Waals surface area contributed by atoms with Gasteiger partial charge in [0.15, 0.2) is 0 Å². The first kappa shape index (κ1) is 22.4. The summed E-state index contributed by atoms with van der Waals surface area (Å²) in [5, 5.41) is 6.13. The fraction of sp³-hybridized carbons (Fsp3) is 0.409. The minimum absolute atomic E-state index is 0. The number of hydrogen-bond acceptors (Lipinski definition) is 3. The normalized spacial score (nSPS) is 18.5. The number of rotatable bonds is 3. The fourth-order valence-corrected chi connectivity index (χ4v) is 4.39. The molecule has 2 aliphatic heterocycles. The molecule has 0 aliphatic carbocycles. The molecule has 1 amide bonds. The first-order valence-corrected chi connectivity index (χ1v) is 9.88. The van der Waals surface area contributed by atoms with Crippen LogP contribution in [0, 0.1) is 5.92 Å². The summed E-state index contributed by atoms with van der Waals surface area (Å²) in [7, 11) is 1.66. The van der Waals surface area contributed by atoms with Gasteiger partial charge in [0.25, 0.3) is 0 Å². The number of nitrogens with zero attached hydrogens (tertiary/aromatic N) is 1. The molecule has 2 aromatic carbocycles. The average Bonchev–Trinajstić information content (AvgIpc) is 3.22. The maximum atomic E-state index is 12.9. The minimum atomic E-state index is -4.33. The molecule has 1 atom stereocenters. The molecule has 0 aromatic heterocycles. The second-order valence-corrected chi connectivity index (χ2v) is 7.64. The van der Waals surface area contributed by atoms with Crippen molar-refractivity contribution in [2.45, 2.75) is 25.6 Å². The van der Waals surface area contributed by atoms with Crippen LogP contribution in [0.3, 0.4) is 0 Å². The quantitative estimate of drug-likeness (QED) is 0.759. The lowest BCUT2D eigenvalue weighted by atomic mass is 9.89. The Hall–Kier alpha value is -2.25. The Kier molecular flexibility index (Phi) is 6.62. The molecule has 0 unspecified atom stereocenters. The van der Waals surface area contributed by atoms with E-state index in [1.54, 1.807) is 19.2 Å². The molecule has 0 spiro atoms. The molecular formula is C22H25ClF3N3O. The van der Waals surface area contributed by atoms with Crippen molar-refractivity contribution in [1.29, 1.82) is 0 Å². The Morgan fingerprint density at radius 1 is 1.13 bits per heavy atom. The average molecular weight is 440 g/mol. The number of nitrogens with one attached hydrogen (secondary N) is 2. The molecule has 2 N–H and O–H groups in total. The molecule has 2 aliphatic rings. The third kappa shape index (κ3) is 4.27. The summed E-state index contributed by atoms with van der Waals surface area (Å²) in [6, 6.07) is 9.45. The second-order valence-electron chi connectivity index (χ2n) is 7.64. The van der Waals surface area contributed by atoms with Gasteiger partial charge in [-0.1, -0.05) is 18.2 Å². The summed E-state index contributed by atoms with van der Waals surface area (Å²) in [5.41, 5.74) is 4.64. The molecule has 162 valence electrons. The summed E-state index contributed by atoms with van der Waals surface area (Å²) in [5.74, 6) is 0.0580. The van der Waals surface area contributed by atoms with Gasteiger partial charge in [-0.2, -0.15) is 13.2 Å². The van der Waals surface area contributed by atoms with Gasteiger partial charge >= 0.3 is 6.18 Å². The number of hydrogen-bond donors (Lipinski definition) is 2. The Balaban J connectivity index is 0.00000256. The van der Waals surface area contributed by atoms with E-state index in [0.29, 0.717) is 6.54 Å². The first-order valence-electron chi connectivity index (χ1n) is 9.88. The predicted molar refractivity (Wildman–Crippen MR) is 114 cm³/mol. The molecule has 1 fully saturated rings. The van der Waals surface area contributed by atoms with Crippen LogP contribution in [0.4, 0.5) is 18.9 Å². The number of anilines is 1. The predicted octanol–water partition coefficient (Wildman–Crippen LogP) is 4.01. The van der Waals surface area contributed by atoms with Crippen LogP contribution in [0.5, 0.6) is 0 Å². The maximum Gasteiger partial charge on any atom is 0.416 e. The summed E-state index contributed by atoms with van der Waals surface area (Å²) < 4.78 is 38.7. The van der Waals surface area contributed by atoms with Crippen molar-refractivity contribution in [3.63, 3.8) is 0 Å². The number of benzene rings is 2. The zero-order chi connectivity index (χ0) is 20.6. The minimum Gasteiger partial charge on any atom is -0.370 e. The Bertz CT molecular complexity index is 915. The zero-order valence-electron chi connectivity index (χ0n) is 16.7. The van der Waals surface area contributed by atoms with Crippen LogP contribution in [0.15, 0.2) is 36.4 Å². The number of fused-ring (bicyclic) bond motifs is 1. The molecule has 2 aromatic rings. The van der Waals surface area contributed by atoms with E-state index in [-0.39, 0.29) is 24.2 Å². The number of halogens is 4. The highest BCUT2D eigenvalue weighted by Gasteiger charge is 2.31. The molecule has 30 heavy (non-hydrogen) atoms. The van der Waals surface area contributed by atoms with Crippen LogP contribution in [0.2, 0.25) is 0 Å². The maximum absolute atomic E-state index is 12.9. The van der Waals surface area contributed by atoms with E-state index in [0.717, 1.165) is 61.4 Å². The highest BCUT2D eigenvalue weighted by atomic mass is 35.5. The van der Waals surface area contributed by atoms with E-state index in [9.17, 15) is 18.0 Å².